The first-order chi connectivity index (χ1) is 9.56. The van der Waals surface area contributed by atoms with Gasteiger partial charge < -0.3 is 11.1 Å². The molecule has 2 rings (SSSR count). The van der Waals surface area contributed by atoms with Crippen molar-refractivity contribution < 1.29 is 9.00 Å². The number of hydrogen-bond donors (Lipinski definition) is 2. The van der Waals surface area contributed by atoms with Crippen LogP contribution in [0.2, 0.25) is 5.02 Å². The lowest BCUT2D eigenvalue weighted by Crippen LogP contribution is -2.19. The molecule has 0 aromatic heterocycles. The molecule has 0 radical (unpaired) electrons. The third-order valence-corrected chi connectivity index (χ3v) is 4.35. The number of benzene rings is 2. The second-order valence-corrected chi connectivity index (χ2v) is 5.92. The lowest BCUT2D eigenvalue weighted by molar-refractivity contribution is -0.113. The van der Waals surface area contributed by atoms with E-state index in [2.05, 4.69) is 5.32 Å². The van der Waals surface area contributed by atoms with E-state index < -0.39 is 10.8 Å². The second kappa shape index (κ2) is 6.54. The minimum absolute atomic E-state index is 0.145. The summed E-state index contributed by atoms with van der Waals surface area (Å²) in [5.74, 6) is -0.485. The number of hydrogen-bond acceptors (Lipinski definition) is 3. The number of amides is 1. The predicted octanol–water partition coefficient (Wildman–Crippen LogP) is 2.67. The maximum Gasteiger partial charge on any atom is 0.237 e. The van der Waals surface area contributed by atoms with Crippen molar-refractivity contribution in [2.24, 2.45) is 0 Å². The largest absolute Gasteiger partial charge is 0.399 e. The molecule has 0 aliphatic carbocycles. The van der Waals surface area contributed by atoms with Crippen LogP contribution < -0.4 is 11.1 Å². The molecule has 0 saturated heterocycles. The summed E-state index contributed by atoms with van der Waals surface area (Å²) in [6, 6.07) is 13.5. The van der Waals surface area contributed by atoms with Crippen LogP contribution in [0.3, 0.4) is 0 Å². The molecule has 0 aliphatic heterocycles. The van der Waals surface area contributed by atoms with Gasteiger partial charge in [-0.15, -0.1) is 0 Å². The van der Waals surface area contributed by atoms with Crippen molar-refractivity contribution in [3.8, 4) is 0 Å². The molecule has 0 spiro atoms. The third kappa shape index (κ3) is 3.82. The molecule has 20 heavy (non-hydrogen) atoms. The van der Waals surface area contributed by atoms with Gasteiger partial charge in [0.15, 0.2) is 0 Å². The maximum absolute atomic E-state index is 12.1. The normalized spacial score (nSPS) is 11.8. The number of carbonyl (C=O) groups excluding carboxylic acids is 1. The van der Waals surface area contributed by atoms with Crippen molar-refractivity contribution in [3.05, 3.63) is 53.6 Å². The van der Waals surface area contributed by atoms with Gasteiger partial charge in [0, 0.05) is 11.4 Å². The average Bonchev–Trinajstić information content (AvgIpc) is 2.41. The quantitative estimate of drug-likeness (QED) is 0.853. The summed E-state index contributed by atoms with van der Waals surface area (Å²) < 4.78 is 12.1. The first-order valence-electron chi connectivity index (χ1n) is 5.84. The molecule has 1 unspecified atom stereocenters. The highest BCUT2D eigenvalue weighted by molar-refractivity contribution is 7.86. The highest BCUT2D eigenvalue weighted by atomic mass is 35.5. The van der Waals surface area contributed by atoms with Crippen LogP contribution in [0, 0.1) is 0 Å². The molecule has 4 nitrogen and oxygen atoms in total. The summed E-state index contributed by atoms with van der Waals surface area (Å²) in [6.07, 6.45) is 0. The van der Waals surface area contributed by atoms with E-state index in [9.17, 15) is 9.00 Å². The van der Waals surface area contributed by atoms with E-state index in [1.165, 1.54) is 0 Å². The highest BCUT2D eigenvalue weighted by Gasteiger charge is 2.13. The second-order valence-electron chi connectivity index (χ2n) is 4.09. The van der Waals surface area contributed by atoms with Crippen molar-refractivity contribution >= 4 is 39.7 Å². The lowest BCUT2D eigenvalue weighted by Gasteiger charge is -2.06. The smallest absolute Gasteiger partial charge is 0.237 e. The van der Waals surface area contributed by atoms with Crippen LogP contribution in [0.25, 0.3) is 0 Å². The summed E-state index contributed by atoms with van der Waals surface area (Å²) in [5, 5.41) is 3.05. The third-order valence-electron chi connectivity index (χ3n) is 2.54. The van der Waals surface area contributed by atoms with Gasteiger partial charge in [-0.05, 0) is 36.4 Å². The molecule has 3 N–H and O–H groups in total. The van der Waals surface area contributed by atoms with E-state index in [4.69, 9.17) is 17.3 Å². The van der Waals surface area contributed by atoms with Crippen molar-refractivity contribution in [1.29, 1.82) is 0 Å². The minimum Gasteiger partial charge on any atom is -0.399 e. The van der Waals surface area contributed by atoms with E-state index in [1.54, 1.807) is 48.5 Å². The molecule has 2 aromatic rings. The van der Waals surface area contributed by atoms with Crippen molar-refractivity contribution in [2.45, 2.75) is 4.90 Å². The summed E-state index contributed by atoms with van der Waals surface area (Å²) >= 11 is 5.94. The lowest BCUT2D eigenvalue weighted by atomic mass is 10.3. The molecule has 0 aliphatic rings. The number of nitrogens with one attached hydrogen (secondary N) is 1. The number of nitrogens with two attached hydrogens (primary N) is 1. The SMILES string of the molecule is Nc1ccc(NC(=O)CS(=O)c2ccccc2Cl)cc1. The van der Waals surface area contributed by atoms with Crippen molar-refractivity contribution in [1.82, 2.24) is 0 Å². The van der Waals surface area contributed by atoms with Crippen molar-refractivity contribution in [3.63, 3.8) is 0 Å². The Morgan fingerprint density at radius 3 is 2.45 bits per heavy atom. The van der Waals surface area contributed by atoms with E-state index >= 15 is 0 Å². The van der Waals surface area contributed by atoms with Gasteiger partial charge in [0.2, 0.25) is 5.91 Å². The molecular formula is C14H13ClN2O2S. The van der Waals surface area contributed by atoms with Gasteiger partial charge in [0.25, 0.3) is 0 Å². The van der Waals surface area contributed by atoms with Gasteiger partial charge >= 0.3 is 0 Å². The Hall–Kier alpha value is -1.85. The molecule has 1 atom stereocenters. The van der Waals surface area contributed by atoms with Gasteiger partial charge in [-0.2, -0.15) is 0 Å². The first-order valence-corrected chi connectivity index (χ1v) is 7.54. The molecule has 0 heterocycles. The Morgan fingerprint density at radius 2 is 1.80 bits per heavy atom. The molecule has 0 bridgehead atoms. The molecule has 6 heteroatoms. The van der Waals surface area contributed by atoms with E-state index in [1.807, 2.05) is 0 Å². The summed E-state index contributed by atoms with van der Waals surface area (Å²) in [7, 11) is -1.47. The highest BCUT2D eigenvalue weighted by Crippen LogP contribution is 2.19. The number of nitrogen functional groups attached to an aromatic ring is 1. The molecule has 104 valence electrons. The van der Waals surface area contributed by atoms with E-state index in [0.29, 0.717) is 21.3 Å². The van der Waals surface area contributed by atoms with Crippen LogP contribution in [0.1, 0.15) is 0 Å². The Bertz CT molecular complexity index is 644. The molecule has 1 amide bonds. The first kappa shape index (κ1) is 14.6. The zero-order valence-electron chi connectivity index (χ0n) is 10.5. The van der Waals surface area contributed by atoms with Gasteiger partial charge in [0.1, 0.15) is 5.75 Å². The van der Waals surface area contributed by atoms with E-state index in [0.717, 1.165) is 0 Å². The minimum atomic E-state index is -1.47. The number of rotatable bonds is 4. The van der Waals surface area contributed by atoms with Crippen LogP contribution in [0.5, 0.6) is 0 Å². The van der Waals surface area contributed by atoms with E-state index in [-0.39, 0.29) is 11.7 Å². The Morgan fingerprint density at radius 1 is 1.15 bits per heavy atom. The van der Waals surface area contributed by atoms with Crippen LogP contribution in [-0.2, 0) is 15.6 Å². The topological polar surface area (TPSA) is 72.2 Å². The van der Waals surface area contributed by atoms with Gasteiger partial charge in [-0.1, -0.05) is 23.7 Å². The van der Waals surface area contributed by atoms with Crippen LogP contribution in [0.15, 0.2) is 53.4 Å². The fourth-order valence-corrected chi connectivity index (χ4v) is 2.97. The van der Waals surface area contributed by atoms with Gasteiger partial charge in [-0.25, -0.2) is 0 Å². The number of halogens is 1. The molecule has 0 saturated carbocycles. The Labute approximate surface area is 124 Å². The zero-order valence-corrected chi connectivity index (χ0v) is 12.1. The van der Waals surface area contributed by atoms with Gasteiger partial charge in [-0.3, -0.25) is 9.00 Å². The standard InChI is InChI=1S/C14H13ClN2O2S/c15-12-3-1-2-4-13(12)20(19)9-14(18)17-11-7-5-10(16)6-8-11/h1-8H,9,16H2,(H,17,18). The van der Waals surface area contributed by atoms with Crippen LogP contribution in [0.4, 0.5) is 11.4 Å². The summed E-state index contributed by atoms with van der Waals surface area (Å²) in [4.78, 5) is 12.3. The monoisotopic (exact) mass is 308 g/mol. The molecule has 2 aromatic carbocycles. The van der Waals surface area contributed by atoms with Crippen LogP contribution >= 0.6 is 11.6 Å². The zero-order chi connectivity index (χ0) is 14.5. The Kier molecular flexibility index (Phi) is 4.76. The van der Waals surface area contributed by atoms with Crippen LogP contribution in [-0.4, -0.2) is 15.9 Å². The summed E-state index contributed by atoms with van der Waals surface area (Å²) in [5.41, 5.74) is 6.78. The summed E-state index contributed by atoms with van der Waals surface area (Å²) in [6.45, 7) is 0. The number of carbonyl (C=O) groups is 1. The number of anilines is 2. The molecular weight excluding hydrogens is 296 g/mol. The molecule has 0 fully saturated rings. The van der Waals surface area contributed by atoms with Crippen molar-refractivity contribution in [2.75, 3.05) is 16.8 Å². The fourth-order valence-electron chi connectivity index (χ4n) is 1.59. The van der Waals surface area contributed by atoms with Gasteiger partial charge in [0.05, 0.1) is 20.7 Å². The fraction of sp³-hybridized carbons (Fsp3) is 0.0714. The Balaban J connectivity index is 2.00. The maximum atomic E-state index is 12.1. The predicted molar refractivity (Wildman–Crippen MR) is 82.2 cm³/mol. The average molecular weight is 309 g/mol.